The Labute approximate surface area is 300 Å². The molecule has 2 fully saturated rings. The third-order valence-corrected chi connectivity index (χ3v) is 20.1. The quantitative estimate of drug-likeness (QED) is 0.181. The van der Waals surface area contributed by atoms with Gasteiger partial charge in [-0.15, -0.1) is 0 Å². The summed E-state index contributed by atoms with van der Waals surface area (Å²) in [6, 6.07) is 20.5. The molecule has 0 bridgehead atoms. The Morgan fingerprint density at radius 1 is 0.900 bits per heavy atom. The Morgan fingerprint density at radius 2 is 1.54 bits per heavy atom. The van der Waals surface area contributed by atoms with Gasteiger partial charge >= 0.3 is 8.56 Å². The van der Waals surface area contributed by atoms with Crippen LogP contribution >= 0.6 is 0 Å². The standard InChI is InChI=1S/C39H55N5O4Si2/c1-37(2,3)49(10,11)47-33-32-30(25-45-50(48-32,38(4,5)6)39(7,8)9)46-35(33)44-34-31(43-36(44)40-24-28-20-16-13-17-21-28)29(41-26-42-34)23-22-27-18-14-12-15-19-27/h12-23,26,30,32-33,35H,24-25H2,1-11H3,(H,40,43)/b23-22+/t30-,32-,33-,35-/m1/s1. The first-order chi connectivity index (χ1) is 23.4. The summed E-state index contributed by atoms with van der Waals surface area (Å²) in [5, 5.41) is 3.22. The average Bonchev–Trinajstić information content (AvgIpc) is 3.59. The lowest BCUT2D eigenvalue weighted by Gasteiger charge is -2.54. The maximum atomic E-state index is 7.41. The maximum absolute atomic E-state index is 7.41. The van der Waals surface area contributed by atoms with Crippen molar-refractivity contribution in [2.24, 2.45) is 0 Å². The van der Waals surface area contributed by atoms with E-state index in [2.05, 4.69) is 121 Å². The molecule has 0 aliphatic carbocycles. The number of nitrogens with zero attached hydrogens (tertiary/aromatic N) is 4. The summed E-state index contributed by atoms with van der Waals surface area (Å²) in [5.74, 6) is 0.641. The largest absolute Gasteiger partial charge is 0.407 e. The van der Waals surface area contributed by atoms with Gasteiger partial charge in [0.15, 0.2) is 20.2 Å². The van der Waals surface area contributed by atoms with Crippen LogP contribution in [0.3, 0.4) is 0 Å². The van der Waals surface area contributed by atoms with E-state index in [-0.39, 0.29) is 27.3 Å². The first kappa shape index (κ1) is 36.6. The van der Waals surface area contributed by atoms with E-state index in [9.17, 15) is 0 Å². The van der Waals surface area contributed by atoms with Gasteiger partial charge < -0.3 is 23.3 Å². The number of fused-ring (bicyclic) bond motifs is 2. The SMILES string of the molecule is CC(C)(C)[Si](C)(C)O[C@@H]1[C@@H]2O[Si](C(C)(C)C)(C(C)(C)C)OC[C@H]2O[C@H]1n1c(NCc2ccccc2)nc2c(/C=C/c3ccccc3)ncnc21. The molecule has 0 unspecified atom stereocenters. The first-order valence-electron chi connectivity index (χ1n) is 17.8. The van der Waals surface area contributed by atoms with Crippen molar-refractivity contribution in [1.82, 2.24) is 19.5 Å². The van der Waals surface area contributed by atoms with Crippen LogP contribution in [-0.2, 0) is 24.6 Å². The molecule has 50 heavy (non-hydrogen) atoms. The second-order valence-electron chi connectivity index (χ2n) is 17.2. The molecule has 2 aromatic carbocycles. The normalized spacial score (nSPS) is 23.0. The van der Waals surface area contributed by atoms with Crippen LogP contribution in [0.1, 0.15) is 85.4 Å². The second kappa shape index (κ2) is 13.4. The van der Waals surface area contributed by atoms with E-state index in [1.54, 1.807) is 6.33 Å². The molecule has 6 rings (SSSR count). The molecule has 2 aliphatic rings. The molecule has 2 aliphatic heterocycles. The van der Waals surface area contributed by atoms with Gasteiger partial charge in [-0.1, -0.05) is 129 Å². The number of benzene rings is 2. The van der Waals surface area contributed by atoms with Crippen LogP contribution < -0.4 is 5.32 Å². The molecule has 4 atom stereocenters. The maximum Gasteiger partial charge on any atom is 0.349 e. The van der Waals surface area contributed by atoms with Crippen LogP contribution in [0.15, 0.2) is 67.0 Å². The number of hydrogen-bond donors (Lipinski definition) is 1. The van der Waals surface area contributed by atoms with Gasteiger partial charge in [-0.3, -0.25) is 4.57 Å². The van der Waals surface area contributed by atoms with Crippen molar-refractivity contribution in [3.63, 3.8) is 0 Å². The molecular weight excluding hydrogens is 659 g/mol. The number of aromatic nitrogens is 4. The highest BCUT2D eigenvalue weighted by Crippen LogP contribution is 2.57. The number of rotatable bonds is 8. The van der Waals surface area contributed by atoms with Gasteiger partial charge in [0.25, 0.3) is 0 Å². The van der Waals surface area contributed by atoms with Crippen molar-refractivity contribution >= 4 is 46.1 Å². The van der Waals surface area contributed by atoms with E-state index in [0.717, 1.165) is 16.8 Å². The Hall–Kier alpha value is -3.20. The van der Waals surface area contributed by atoms with Crippen LogP contribution in [0.5, 0.6) is 0 Å². The Kier molecular flexibility index (Phi) is 9.81. The van der Waals surface area contributed by atoms with Crippen molar-refractivity contribution in [2.75, 3.05) is 11.9 Å². The number of anilines is 1. The fraction of sp³-hybridized carbons (Fsp3) is 0.513. The fourth-order valence-corrected chi connectivity index (χ4v) is 13.3. The molecule has 2 aromatic heterocycles. The molecule has 9 nitrogen and oxygen atoms in total. The van der Waals surface area contributed by atoms with Gasteiger partial charge in [0, 0.05) is 16.6 Å². The molecular formula is C39H55N5O4Si2. The van der Waals surface area contributed by atoms with Crippen molar-refractivity contribution in [2.45, 2.75) is 122 Å². The first-order valence-corrected chi connectivity index (χ1v) is 22.5. The van der Waals surface area contributed by atoms with Crippen LogP contribution in [0.25, 0.3) is 23.3 Å². The summed E-state index contributed by atoms with van der Waals surface area (Å²) in [4.78, 5) is 14.7. The molecule has 11 heteroatoms. The highest BCUT2D eigenvalue weighted by Gasteiger charge is 2.66. The van der Waals surface area contributed by atoms with Crippen LogP contribution in [-0.4, -0.2) is 61.3 Å². The minimum Gasteiger partial charge on any atom is -0.407 e. The van der Waals surface area contributed by atoms with Crippen molar-refractivity contribution in [3.05, 3.63) is 83.8 Å². The molecule has 1 N–H and O–H groups in total. The van der Waals surface area contributed by atoms with Crippen molar-refractivity contribution in [3.8, 4) is 0 Å². The average molecular weight is 714 g/mol. The van der Waals surface area contributed by atoms with Crippen LogP contribution in [0.4, 0.5) is 5.95 Å². The lowest BCUT2D eigenvalue weighted by molar-refractivity contribution is -0.0792. The van der Waals surface area contributed by atoms with Crippen LogP contribution in [0.2, 0.25) is 28.2 Å². The molecule has 2 saturated heterocycles. The topological polar surface area (TPSA) is 92.6 Å². The third kappa shape index (κ3) is 6.88. The van der Waals surface area contributed by atoms with Crippen LogP contribution in [0, 0.1) is 0 Å². The lowest BCUT2D eigenvalue weighted by atomic mass is 10.1. The van der Waals surface area contributed by atoms with Gasteiger partial charge in [0.05, 0.1) is 12.3 Å². The van der Waals surface area contributed by atoms with Gasteiger partial charge in [-0.25, -0.2) is 15.0 Å². The molecule has 4 aromatic rings. The fourth-order valence-electron chi connectivity index (χ4n) is 7.10. The number of imidazole rings is 1. The summed E-state index contributed by atoms with van der Waals surface area (Å²) in [5.41, 5.74) is 4.30. The van der Waals surface area contributed by atoms with Gasteiger partial charge in [0.1, 0.15) is 30.2 Å². The Balaban J connectivity index is 1.49. The molecule has 0 saturated carbocycles. The molecule has 268 valence electrons. The van der Waals surface area contributed by atoms with E-state index in [0.29, 0.717) is 30.3 Å². The summed E-state index contributed by atoms with van der Waals surface area (Å²) in [6.07, 6.45) is 4.02. The monoisotopic (exact) mass is 713 g/mol. The zero-order valence-electron chi connectivity index (χ0n) is 31.7. The van der Waals surface area contributed by atoms with Crippen molar-refractivity contribution in [1.29, 1.82) is 0 Å². The molecule has 0 radical (unpaired) electrons. The number of hydrogen-bond acceptors (Lipinski definition) is 8. The van der Waals surface area contributed by atoms with Gasteiger partial charge in [-0.05, 0) is 35.3 Å². The second-order valence-corrected chi connectivity index (χ2v) is 26.8. The van der Waals surface area contributed by atoms with Gasteiger partial charge in [0.2, 0.25) is 5.95 Å². The minimum atomic E-state index is -2.85. The molecule has 4 heterocycles. The summed E-state index contributed by atoms with van der Waals surface area (Å²) < 4.78 is 30.9. The lowest BCUT2D eigenvalue weighted by Crippen LogP contribution is -2.66. The highest BCUT2D eigenvalue weighted by atomic mass is 28.4. The van der Waals surface area contributed by atoms with E-state index in [1.807, 2.05) is 42.5 Å². The molecule has 0 amide bonds. The highest BCUT2D eigenvalue weighted by molar-refractivity contribution is 6.74. The minimum absolute atomic E-state index is 0.0354. The number of nitrogens with one attached hydrogen (secondary N) is 1. The summed E-state index contributed by atoms with van der Waals surface area (Å²) in [7, 11) is -5.19. The van der Waals surface area contributed by atoms with Gasteiger partial charge in [-0.2, -0.15) is 0 Å². The van der Waals surface area contributed by atoms with E-state index in [1.165, 1.54) is 0 Å². The third-order valence-electron chi connectivity index (χ3n) is 10.5. The predicted molar refractivity (Wildman–Crippen MR) is 206 cm³/mol. The Morgan fingerprint density at radius 3 is 2.16 bits per heavy atom. The predicted octanol–water partition coefficient (Wildman–Crippen LogP) is 9.35. The zero-order chi connectivity index (χ0) is 36.1. The van der Waals surface area contributed by atoms with E-state index < -0.39 is 29.2 Å². The summed E-state index contributed by atoms with van der Waals surface area (Å²) in [6.45, 7) is 25.9. The van der Waals surface area contributed by atoms with Crippen molar-refractivity contribution < 1.29 is 18.0 Å². The molecule has 0 spiro atoms. The Bertz CT molecular complexity index is 1800. The van der Waals surface area contributed by atoms with E-state index >= 15 is 0 Å². The zero-order valence-corrected chi connectivity index (χ0v) is 33.7. The number of ether oxygens (including phenoxy) is 1. The summed E-state index contributed by atoms with van der Waals surface area (Å²) >= 11 is 0. The smallest absolute Gasteiger partial charge is 0.349 e. The van der Waals surface area contributed by atoms with E-state index in [4.69, 9.17) is 28.0 Å².